The van der Waals surface area contributed by atoms with Gasteiger partial charge in [-0.25, -0.2) is 4.98 Å². The second kappa shape index (κ2) is 6.89. The van der Waals surface area contributed by atoms with Crippen molar-refractivity contribution in [1.82, 2.24) is 9.97 Å². The molecule has 0 radical (unpaired) electrons. The van der Waals surface area contributed by atoms with Gasteiger partial charge in [0.25, 0.3) is 0 Å². The Hall–Kier alpha value is -2.59. The highest BCUT2D eigenvalue weighted by Crippen LogP contribution is 2.21. The summed E-state index contributed by atoms with van der Waals surface area (Å²) in [7, 11) is 0. The van der Waals surface area contributed by atoms with E-state index in [4.69, 9.17) is 11.6 Å². The van der Waals surface area contributed by atoms with Crippen molar-refractivity contribution < 1.29 is 0 Å². The zero-order chi connectivity index (χ0) is 17.1. The molecule has 24 heavy (non-hydrogen) atoms. The van der Waals surface area contributed by atoms with Gasteiger partial charge in [-0.1, -0.05) is 17.7 Å². The molecule has 4 nitrogen and oxygen atoms in total. The number of benzene rings is 2. The number of aromatic nitrogens is 2. The number of hydrogen-bond donors (Lipinski definition) is 2. The normalized spacial score (nSPS) is 10.5. The lowest BCUT2D eigenvalue weighted by Crippen LogP contribution is -2.02. The molecule has 0 saturated carbocycles. The van der Waals surface area contributed by atoms with Gasteiger partial charge in [-0.2, -0.15) is 4.98 Å². The first-order valence-corrected chi connectivity index (χ1v) is 8.09. The molecule has 2 aromatic carbocycles. The first-order chi connectivity index (χ1) is 11.5. The Bertz CT molecular complexity index is 839. The minimum Gasteiger partial charge on any atom is -0.340 e. The van der Waals surface area contributed by atoms with Crippen LogP contribution in [0, 0.1) is 20.8 Å². The van der Waals surface area contributed by atoms with Crippen molar-refractivity contribution in [3.05, 3.63) is 70.4 Å². The Labute approximate surface area is 146 Å². The highest BCUT2D eigenvalue weighted by molar-refractivity contribution is 6.30. The average molecular weight is 339 g/mol. The number of halogens is 1. The minimum absolute atomic E-state index is 0.566. The lowest BCUT2D eigenvalue weighted by molar-refractivity contribution is 1.11. The number of nitrogens with one attached hydrogen (secondary N) is 2. The van der Waals surface area contributed by atoms with Crippen LogP contribution in [-0.4, -0.2) is 9.97 Å². The predicted molar refractivity (Wildman–Crippen MR) is 101 cm³/mol. The third-order valence-corrected chi connectivity index (χ3v) is 3.70. The molecule has 0 saturated heterocycles. The van der Waals surface area contributed by atoms with Gasteiger partial charge in [0.2, 0.25) is 5.95 Å². The fourth-order valence-electron chi connectivity index (χ4n) is 2.55. The van der Waals surface area contributed by atoms with Crippen molar-refractivity contribution in [2.45, 2.75) is 20.8 Å². The quantitative estimate of drug-likeness (QED) is 0.655. The van der Waals surface area contributed by atoms with Crippen LogP contribution in [0.3, 0.4) is 0 Å². The summed E-state index contributed by atoms with van der Waals surface area (Å²) in [6.07, 6.45) is 0. The molecule has 0 aliphatic heterocycles. The van der Waals surface area contributed by atoms with E-state index in [9.17, 15) is 0 Å². The topological polar surface area (TPSA) is 49.8 Å². The van der Waals surface area contributed by atoms with E-state index < -0.39 is 0 Å². The Kier molecular flexibility index (Phi) is 4.67. The van der Waals surface area contributed by atoms with E-state index in [0.29, 0.717) is 11.0 Å². The molecule has 3 rings (SSSR count). The van der Waals surface area contributed by atoms with E-state index in [-0.39, 0.29) is 0 Å². The van der Waals surface area contributed by atoms with Gasteiger partial charge in [0.1, 0.15) is 5.82 Å². The fourth-order valence-corrected chi connectivity index (χ4v) is 2.67. The van der Waals surface area contributed by atoms with Gasteiger partial charge in [0, 0.05) is 28.2 Å². The van der Waals surface area contributed by atoms with Crippen LogP contribution in [0.4, 0.5) is 23.1 Å². The Morgan fingerprint density at radius 2 is 1.42 bits per heavy atom. The summed E-state index contributed by atoms with van der Waals surface area (Å²) in [6.45, 7) is 6.09. The summed E-state index contributed by atoms with van der Waals surface area (Å²) in [5.74, 6) is 1.30. The molecule has 1 aromatic heterocycles. The van der Waals surface area contributed by atoms with Gasteiger partial charge in [0.15, 0.2) is 0 Å². The summed E-state index contributed by atoms with van der Waals surface area (Å²) >= 11 is 5.92. The molecule has 0 bridgehead atoms. The van der Waals surface area contributed by atoms with Crippen LogP contribution in [0.25, 0.3) is 0 Å². The van der Waals surface area contributed by atoms with Gasteiger partial charge in [-0.3, -0.25) is 0 Å². The highest BCUT2D eigenvalue weighted by atomic mass is 35.5. The molecule has 5 heteroatoms. The van der Waals surface area contributed by atoms with Gasteiger partial charge >= 0.3 is 0 Å². The number of nitrogens with zero attached hydrogens (tertiary/aromatic N) is 2. The van der Waals surface area contributed by atoms with Gasteiger partial charge < -0.3 is 10.6 Å². The van der Waals surface area contributed by atoms with Crippen molar-refractivity contribution in [1.29, 1.82) is 0 Å². The van der Waals surface area contributed by atoms with Crippen molar-refractivity contribution in [2.24, 2.45) is 0 Å². The van der Waals surface area contributed by atoms with Gasteiger partial charge in [0.05, 0.1) is 0 Å². The maximum atomic E-state index is 5.92. The maximum Gasteiger partial charge on any atom is 0.229 e. The summed E-state index contributed by atoms with van der Waals surface area (Å²) < 4.78 is 0. The minimum atomic E-state index is 0.566. The summed E-state index contributed by atoms with van der Waals surface area (Å²) in [6, 6.07) is 15.7. The molecule has 2 N–H and O–H groups in total. The Balaban J connectivity index is 1.84. The lowest BCUT2D eigenvalue weighted by atomic mass is 10.1. The first kappa shape index (κ1) is 16.3. The van der Waals surface area contributed by atoms with Crippen molar-refractivity contribution >= 4 is 34.7 Å². The third-order valence-electron chi connectivity index (χ3n) is 3.45. The van der Waals surface area contributed by atoms with E-state index in [0.717, 1.165) is 22.9 Å². The van der Waals surface area contributed by atoms with Crippen LogP contribution < -0.4 is 10.6 Å². The average Bonchev–Trinajstić information content (AvgIpc) is 2.48. The smallest absolute Gasteiger partial charge is 0.229 e. The standard InChI is InChI=1S/C19H19ClN4/c1-12-8-13(2)10-17(9-12)23-19-21-14(3)11-18(24-19)22-16-6-4-15(20)5-7-16/h4-11H,1-3H3,(H2,21,22,23,24). The van der Waals surface area contributed by atoms with Gasteiger partial charge in [-0.15, -0.1) is 0 Å². The molecule has 0 atom stereocenters. The van der Waals surface area contributed by atoms with E-state index in [1.54, 1.807) is 0 Å². The van der Waals surface area contributed by atoms with Crippen molar-refractivity contribution in [2.75, 3.05) is 10.6 Å². The highest BCUT2D eigenvalue weighted by Gasteiger charge is 2.04. The molecule has 0 spiro atoms. The molecular formula is C19H19ClN4. The summed E-state index contributed by atoms with van der Waals surface area (Å²) in [5, 5.41) is 7.25. The van der Waals surface area contributed by atoms with Crippen LogP contribution >= 0.6 is 11.6 Å². The van der Waals surface area contributed by atoms with Gasteiger partial charge in [-0.05, 0) is 68.3 Å². The fraction of sp³-hybridized carbons (Fsp3) is 0.158. The number of hydrogen-bond acceptors (Lipinski definition) is 4. The van der Waals surface area contributed by atoms with Crippen LogP contribution in [0.1, 0.15) is 16.8 Å². The monoisotopic (exact) mass is 338 g/mol. The Morgan fingerprint density at radius 3 is 2.08 bits per heavy atom. The lowest BCUT2D eigenvalue weighted by Gasteiger charge is -2.11. The molecular weight excluding hydrogens is 320 g/mol. The van der Waals surface area contributed by atoms with Crippen molar-refractivity contribution in [3.63, 3.8) is 0 Å². The van der Waals surface area contributed by atoms with Crippen LogP contribution in [-0.2, 0) is 0 Å². The first-order valence-electron chi connectivity index (χ1n) is 7.71. The molecule has 0 fully saturated rings. The van der Waals surface area contributed by atoms with E-state index in [1.807, 2.05) is 37.3 Å². The van der Waals surface area contributed by atoms with E-state index in [2.05, 4.69) is 52.6 Å². The third kappa shape index (κ3) is 4.24. The largest absolute Gasteiger partial charge is 0.340 e. The molecule has 0 aliphatic rings. The number of anilines is 4. The summed E-state index contributed by atoms with van der Waals surface area (Å²) in [5.41, 5.74) is 5.19. The molecule has 0 unspecified atom stereocenters. The molecule has 3 aromatic rings. The molecule has 0 aliphatic carbocycles. The SMILES string of the molecule is Cc1cc(C)cc(Nc2nc(C)cc(Nc3ccc(Cl)cc3)n2)c1. The van der Waals surface area contributed by atoms with Crippen LogP contribution in [0.5, 0.6) is 0 Å². The number of aryl methyl sites for hydroxylation is 3. The number of rotatable bonds is 4. The van der Waals surface area contributed by atoms with Crippen molar-refractivity contribution in [3.8, 4) is 0 Å². The molecule has 0 amide bonds. The summed E-state index contributed by atoms with van der Waals surface area (Å²) in [4.78, 5) is 9.00. The molecule has 122 valence electrons. The zero-order valence-electron chi connectivity index (χ0n) is 13.9. The van der Waals surface area contributed by atoms with E-state index in [1.165, 1.54) is 11.1 Å². The second-order valence-electron chi connectivity index (χ2n) is 5.85. The Morgan fingerprint density at radius 1 is 0.750 bits per heavy atom. The van der Waals surface area contributed by atoms with E-state index >= 15 is 0 Å². The second-order valence-corrected chi connectivity index (χ2v) is 6.29. The predicted octanol–water partition coefficient (Wildman–Crippen LogP) is 5.54. The maximum absolute atomic E-state index is 5.92. The van der Waals surface area contributed by atoms with Crippen LogP contribution in [0.2, 0.25) is 5.02 Å². The van der Waals surface area contributed by atoms with Crippen LogP contribution in [0.15, 0.2) is 48.5 Å². The molecule has 1 heterocycles. The zero-order valence-corrected chi connectivity index (χ0v) is 14.6.